The second-order valence-electron chi connectivity index (χ2n) is 3.39. The monoisotopic (exact) mass is 235 g/mol. The number of aromatic nitrogens is 1. The van der Waals surface area contributed by atoms with Gasteiger partial charge in [-0.15, -0.1) is 11.3 Å². The standard InChI is InChI=1S/C11H9NO3S/c1-6-3-10(12-15-6)11(14)9-4-8(5-13)16-7(9)2/h3-5H,1-2H3. The van der Waals surface area contributed by atoms with Crippen LogP contribution in [-0.4, -0.2) is 17.2 Å². The van der Waals surface area contributed by atoms with Crippen LogP contribution < -0.4 is 0 Å². The summed E-state index contributed by atoms with van der Waals surface area (Å²) in [5, 5.41) is 3.66. The Kier molecular flexibility index (Phi) is 2.70. The molecule has 0 radical (unpaired) electrons. The lowest BCUT2D eigenvalue weighted by Crippen LogP contribution is -2.01. The summed E-state index contributed by atoms with van der Waals surface area (Å²) in [6.07, 6.45) is 0.739. The maximum atomic E-state index is 12.0. The Hall–Kier alpha value is -1.75. The van der Waals surface area contributed by atoms with Crippen molar-refractivity contribution >= 4 is 23.4 Å². The molecule has 0 aliphatic carbocycles. The van der Waals surface area contributed by atoms with Crippen LogP contribution in [0.15, 0.2) is 16.7 Å². The van der Waals surface area contributed by atoms with E-state index in [0.717, 1.165) is 11.2 Å². The number of hydrogen-bond donors (Lipinski definition) is 0. The molecule has 0 aliphatic rings. The molecule has 5 heteroatoms. The predicted molar refractivity (Wildman–Crippen MR) is 59.1 cm³/mol. The van der Waals surface area contributed by atoms with Gasteiger partial charge in [0.2, 0.25) is 5.78 Å². The Morgan fingerprint density at radius 1 is 1.44 bits per heavy atom. The first-order valence-electron chi connectivity index (χ1n) is 4.65. The van der Waals surface area contributed by atoms with Gasteiger partial charge in [0.15, 0.2) is 12.0 Å². The molecule has 0 atom stereocenters. The second-order valence-corrected chi connectivity index (χ2v) is 4.68. The number of aldehydes is 1. The molecule has 2 heterocycles. The molecule has 2 aromatic heterocycles. The Labute approximate surface area is 95.9 Å². The number of nitrogens with zero attached hydrogens (tertiary/aromatic N) is 1. The summed E-state index contributed by atoms with van der Waals surface area (Å²) in [5.41, 5.74) is 0.788. The molecule has 0 N–H and O–H groups in total. The fourth-order valence-corrected chi connectivity index (χ4v) is 2.24. The predicted octanol–water partition coefficient (Wildman–Crippen LogP) is 2.40. The fourth-order valence-electron chi connectivity index (χ4n) is 1.40. The molecule has 0 saturated heterocycles. The van der Waals surface area contributed by atoms with Crippen LogP contribution in [0.2, 0.25) is 0 Å². The van der Waals surface area contributed by atoms with Gasteiger partial charge in [-0.2, -0.15) is 0 Å². The number of carbonyl (C=O) groups is 2. The minimum absolute atomic E-state index is 0.210. The van der Waals surface area contributed by atoms with Crippen LogP contribution in [0.5, 0.6) is 0 Å². The summed E-state index contributed by atoms with van der Waals surface area (Å²) in [7, 11) is 0. The van der Waals surface area contributed by atoms with Crippen LogP contribution >= 0.6 is 11.3 Å². The van der Waals surface area contributed by atoms with Crippen molar-refractivity contribution in [1.82, 2.24) is 5.16 Å². The number of carbonyl (C=O) groups excluding carboxylic acids is 2. The quantitative estimate of drug-likeness (QED) is 0.605. The Morgan fingerprint density at radius 3 is 2.69 bits per heavy atom. The summed E-state index contributed by atoms with van der Waals surface area (Å²) in [6, 6.07) is 3.17. The molecule has 0 aliphatic heterocycles. The highest BCUT2D eigenvalue weighted by Gasteiger charge is 2.18. The zero-order valence-electron chi connectivity index (χ0n) is 8.81. The molecule has 0 amide bonds. The van der Waals surface area contributed by atoms with Crippen molar-refractivity contribution in [3.8, 4) is 0 Å². The van der Waals surface area contributed by atoms with Gasteiger partial charge in [-0.1, -0.05) is 5.16 Å². The van der Waals surface area contributed by atoms with E-state index in [4.69, 9.17) is 4.52 Å². The van der Waals surface area contributed by atoms with Gasteiger partial charge < -0.3 is 4.52 Å². The van der Waals surface area contributed by atoms with Crippen molar-refractivity contribution in [2.24, 2.45) is 0 Å². The SMILES string of the molecule is Cc1cc(C(=O)c2cc(C=O)sc2C)no1. The van der Waals surface area contributed by atoms with E-state index >= 15 is 0 Å². The van der Waals surface area contributed by atoms with Crippen molar-refractivity contribution in [1.29, 1.82) is 0 Å². The third-order valence-corrected chi connectivity index (χ3v) is 3.13. The fraction of sp³-hybridized carbons (Fsp3) is 0.182. The van der Waals surface area contributed by atoms with Gasteiger partial charge in [0.1, 0.15) is 5.76 Å². The van der Waals surface area contributed by atoms with Crippen LogP contribution in [0.3, 0.4) is 0 Å². The molecule has 16 heavy (non-hydrogen) atoms. The average Bonchev–Trinajstić information content (AvgIpc) is 2.83. The molecule has 4 nitrogen and oxygen atoms in total. The molecule has 2 rings (SSSR count). The van der Waals surface area contributed by atoms with E-state index in [1.165, 1.54) is 11.3 Å². The summed E-state index contributed by atoms with van der Waals surface area (Å²) in [4.78, 5) is 23.9. The zero-order chi connectivity index (χ0) is 11.7. The van der Waals surface area contributed by atoms with Crippen LogP contribution in [0.4, 0.5) is 0 Å². The number of ketones is 1. The van der Waals surface area contributed by atoms with Crippen LogP contribution in [-0.2, 0) is 0 Å². The van der Waals surface area contributed by atoms with E-state index in [1.54, 1.807) is 26.0 Å². The first-order valence-corrected chi connectivity index (χ1v) is 5.47. The highest BCUT2D eigenvalue weighted by Crippen LogP contribution is 2.22. The van der Waals surface area contributed by atoms with E-state index < -0.39 is 0 Å². The van der Waals surface area contributed by atoms with Crippen LogP contribution in [0.1, 0.15) is 36.4 Å². The Morgan fingerprint density at radius 2 is 2.19 bits per heavy atom. The molecule has 2 aromatic rings. The van der Waals surface area contributed by atoms with Gasteiger partial charge in [0, 0.05) is 16.5 Å². The summed E-state index contributed by atoms with van der Waals surface area (Å²) in [5.74, 6) is 0.380. The lowest BCUT2D eigenvalue weighted by molar-refractivity contribution is 0.103. The lowest BCUT2D eigenvalue weighted by atomic mass is 10.1. The van der Waals surface area contributed by atoms with Gasteiger partial charge in [-0.3, -0.25) is 9.59 Å². The number of hydrogen-bond acceptors (Lipinski definition) is 5. The maximum Gasteiger partial charge on any atom is 0.216 e. The molecule has 0 spiro atoms. The number of aryl methyl sites for hydroxylation is 2. The van der Waals surface area contributed by atoms with Gasteiger partial charge >= 0.3 is 0 Å². The summed E-state index contributed by atoms with van der Waals surface area (Å²) in [6.45, 7) is 3.53. The van der Waals surface area contributed by atoms with E-state index in [1.807, 2.05) is 0 Å². The Bertz CT molecular complexity index is 553. The number of rotatable bonds is 3. The third kappa shape index (κ3) is 1.81. The molecule has 0 aromatic carbocycles. The van der Waals surface area contributed by atoms with Crippen molar-refractivity contribution in [3.63, 3.8) is 0 Å². The van der Waals surface area contributed by atoms with Crippen molar-refractivity contribution in [3.05, 3.63) is 38.9 Å². The second kappa shape index (κ2) is 4.02. The molecule has 0 saturated carbocycles. The first-order chi connectivity index (χ1) is 7.61. The van der Waals surface area contributed by atoms with Gasteiger partial charge in [0.25, 0.3) is 0 Å². The molecular formula is C11H9NO3S. The number of thiophene rings is 1. The van der Waals surface area contributed by atoms with Crippen molar-refractivity contribution in [2.45, 2.75) is 13.8 Å². The third-order valence-electron chi connectivity index (χ3n) is 2.16. The normalized spacial score (nSPS) is 10.4. The molecule has 0 unspecified atom stereocenters. The Balaban J connectivity index is 2.40. The molecule has 0 bridgehead atoms. The highest BCUT2D eigenvalue weighted by molar-refractivity contribution is 7.14. The topological polar surface area (TPSA) is 60.2 Å². The first kappa shape index (κ1) is 10.8. The van der Waals surface area contributed by atoms with E-state index in [-0.39, 0.29) is 11.5 Å². The van der Waals surface area contributed by atoms with Crippen LogP contribution in [0.25, 0.3) is 0 Å². The van der Waals surface area contributed by atoms with Crippen molar-refractivity contribution < 1.29 is 14.1 Å². The van der Waals surface area contributed by atoms with E-state index in [9.17, 15) is 9.59 Å². The highest BCUT2D eigenvalue weighted by atomic mass is 32.1. The minimum atomic E-state index is -0.210. The van der Waals surface area contributed by atoms with Crippen molar-refractivity contribution in [2.75, 3.05) is 0 Å². The van der Waals surface area contributed by atoms with E-state index in [2.05, 4.69) is 5.16 Å². The smallest absolute Gasteiger partial charge is 0.216 e. The van der Waals surface area contributed by atoms with Crippen LogP contribution in [0, 0.1) is 13.8 Å². The average molecular weight is 235 g/mol. The van der Waals surface area contributed by atoms with Gasteiger partial charge in [-0.05, 0) is 19.9 Å². The largest absolute Gasteiger partial charge is 0.361 e. The zero-order valence-corrected chi connectivity index (χ0v) is 9.63. The van der Waals surface area contributed by atoms with Gasteiger partial charge in [-0.25, -0.2) is 0 Å². The van der Waals surface area contributed by atoms with E-state index in [0.29, 0.717) is 16.2 Å². The molecule has 82 valence electrons. The summed E-state index contributed by atoms with van der Waals surface area (Å²) < 4.78 is 4.84. The molecular weight excluding hydrogens is 226 g/mol. The summed E-state index contributed by atoms with van der Waals surface area (Å²) >= 11 is 1.30. The molecule has 0 fully saturated rings. The lowest BCUT2D eigenvalue weighted by Gasteiger charge is -1.92. The maximum absolute atomic E-state index is 12.0. The van der Waals surface area contributed by atoms with Gasteiger partial charge in [0.05, 0.1) is 4.88 Å². The minimum Gasteiger partial charge on any atom is -0.361 e.